The van der Waals surface area contributed by atoms with Gasteiger partial charge in [-0.2, -0.15) is 52.7 Å². The summed E-state index contributed by atoms with van der Waals surface area (Å²) >= 11 is 0. The molecule has 0 spiro atoms. The molecule has 28 heteroatoms. The summed E-state index contributed by atoms with van der Waals surface area (Å²) in [5.74, 6) is 0. The molecule has 0 aliphatic rings. The number of aromatic nitrogens is 2. The Hall–Kier alpha value is -1.91. The lowest BCUT2D eigenvalue weighted by atomic mass is 10.9. The SMILES string of the molecule is Cn1ccnc1.O=S(=O)(NS(=O)(=O)C(F)(F)F)C(F)(F)F.O=S(=O)(NS(=O)(=O)C(F)(F)F)C(F)(F)F. The Bertz CT molecular complexity index is 1100. The molecule has 0 aliphatic carbocycles. The summed E-state index contributed by atoms with van der Waals surface area (Å²) in [5.41, 5.74) is -24.6. The molecule has 1 aromatic heterocycles. The normalized spacial score (nSPS) is 14.2. The second kappa shape index (κ2) is 11.2. The summed E-state index contributed by atoms with van der Waals surface area (Å²) < 4.78 is 219. The second-order valence-electron chi connectivity index (χ2n) is 5.19. The third-order valence-electron chi connectivity index (χ3n) is 2.29. The van der Waals surface area contributed by atoms with Crippen LogP contribution >= 0.6 is 0 Å². The van der Waals surface area contributed by atoms with E-state index in [9.17, 15) is 86.4 Å². The highest BCUT2D eigenvalue weighted by Crippen LogP contribution is 2.28. The van der Waals surface area contributed by atoms with Crippen molar-refractivity contribution in [3.8, 4) is 0 Å². The summed E-state index contributed by atoms with van der Waals surface area (Å²) in [6, 6.07) is 0. The Balaban J connectivity index is 0. The van der Waals surface area contributed by atoms with Gasteiger partial charge >= 0.3 is 62.1 Å². The van der Waals surface area contributed by atoms with Crippen LogP contribution in [0.4, 0.5) is 52.7 Å². The molecule has 1 heterocycles. The van der Waals surface area contributed by atoms with Gasteiger partial charge in [-0.05, 0) is 0 Å². The molecule has 0 aromatic carbocycles. The van der Waals surface area contributed by atoms with Crippen LogP contribution in [0.1, 0.15) is 0 Å². The first-order chi connectivity index (χ1) is 15.3. The third kappa shape index (κ3) is 11.0. The average Bonchev–Trinajstić information content (AvgIpc) is 3.00. The summed E-state index contributed by atoms with van der Waals surface area (Å²) in [5, 5.41) is 0. The molecule has 216 valence electrons. The molecule has 0 unspecified atom stereocenters. The van der Waals surface area contributed by atoms with E-state index in [-0.39, 0.29) is 0 Å². The number of alkyl halides is 12. The van der Waals surface area contributed by atoms with Gasteiger partial charge in [0.05, 0.1) is 6.33 Å². The van der Waals surface area contributed by atoms with Gasteiger partial charge in [0, 0.05) is 19.4 Å². The molecule has 1 rings (SSSR count). The monoisotopic (exact) mass is 644 g/mol. The Labute approximate surface area is 192 Å². The van der Waals surface area contributed by atoms with Gasteiger partial charge in [-0.1, -0.05) is 8.25 Å². The average molecular weight is 644 g/mol. The van der Waals surface area contributed by atoms with Crippen molar-refractivity contribution in [2.45, 2.75) is 22.0 Å². The smallest absolute Gasteiger partial charge is 0.341 e. The number of aryl methyl sites for hydroxylation is 1. The van der Waals surface area contributed by atoms with Gasteiger partial charge < -0.3 is 4.57 Å². The maximum Gasteiger partial charge on any atom is 0.512 e. The van der Waals surface area contributed by atoms with E-state index in [0.717, 1.165) is 0 Å². The number of hydrogen-bond acceptors (Lipinski definition) is 9. The lowest BCUT2D eigenvalue weighted by Gasteiger charge is -2.11. The third-order valence-corrected chi connectivity index (χ3v) is 8.24. The van der Waals surface area contributed by atoms with E-state index in [4.69, 9.17) is 0 Å². The highest BCUT2D eigenvalue weighted by atomic mass is 32.3. The van der Waals surface area contributed by atoms with Crippen molar-refractivity contribution in [2.24, 2.45) is 7.05 Å². The van der Waals surface area contributed by atoms with Gasteiger partial charge in [0.2, 0.25) is 0 Å². The highest BCUT2D eigenvalue weighted by Gasteiger charge is 2.56. The fourth-order valence-electron chi connectivity index (χ4n) is 0.804. The number of nitrogens with zero attached hydrogens (tertiary/aromatic N) is 2. The van der Waals surface area contributed by atoms with Crippen LogP contribution in [0.15, 0.2) is 18.7 Å². The van der Waals surface area contributed by atoms with E-state index in [1.165, 1.54) is 0 Å². The molecule has 0 amide bonds. The summed E-state index contributed by atoms with van der Waals surface area (Å²) in [4.78, 5) is 3.78. The molecule has 12 nitrogen and oxygen atoms in total. The van der Waals surface area contributed by atoms with E-state index in [1.54, 1.807) is 12.5 Å². The molecule has 2 N–H and O–H groups in total. The molecular formula is C8H8F12N4O8S4. The van der Waals surface area contributed by atoms with Gasteiger partial charge in [-0.15, -0.1) is 0 Å². The molecule has 0 fully saturated rings. The fraction of sp³-hybridized carbons (Fsp3) is 0.625. The molecule has 0 radical (unpaired) electrons. The maximum atomic E-state index is 11.5. The fourth-order valence-corrected chi connectivity index (χ4v) is 4.63. The van der Waals surface area contributed by atoms with Gasteiger partial charge in [-0.25, -0.2) is 38.7 Å². The lowest BCUT2D eigenvalue weighted by molar-refractivity contribution is -0.0487. The second-order valence-corrected chi connectivity index (χ2v) is 12.4. The van der Waals surface area contributed by atoms with E-state index >= 15 is 0 Å². The van der Waals surface area contributed by atoms with Gasteiger partial charge in [0.1, 0.15) is 0 Å². The zero-order valence-corrected chi connectivity index (χ0v) is 19.3. The summed E-state index contributed by atoms with van der Waals surface area (Å²) in [6.45, 7) is 0. The van der Waals surface area contributed by atoms with E-state index in [1.807, 2.05) is 17.8 Å². The first-order valence-electron chi connectivity index (χ1n) is 7.05. The lowest BCUT2D eigenvalue weighted by Crippen LogP contribution is -2.45. The molecule has 0 aliphatic heterocycles. The largest absolute Gasteiger partial charge is 0.512 e. The zero-order valence-electron chi connectivity index (χ0n) is 16.1. The van der Waals surface area contributed by atoms with Crippen molar-refractivity contribution in [2.75, 3.05) is 0 Å². The molecule has 0 bridgehead atoms. The topological polar surface area (TPSA) is 178 Å². The van der Waals surface area contributed by atoms with E-state index < -0.39 is 70.4 Å². The zero-order chi connectivity index (χ0) is 29.8. The van der Waals surface area contributed by atoms with Gasteiger partial charge in [0.25, 0.3) is 0 Å². The molecule has 36 heavy (non-hydrogen) atoms. The predicted octanol–water partition coefficient (Wildman–Crippen LogP) is 0.971. The molecule has 0 saturated heterocycles. The molecular weight excluding hydrogens is 636 g/mol. The summed E-state index contributed by atoms with van der Waals surface area (Å²) in [6.07, 6.45) is 5.39. The van der Waals surface area contributed by atoms with Crippen molar-refractivity contribution in [1.82, 2.24) is 17.8 Å². The first-order valence-corrected chi connectivity index (χ1v) is 13.0. The standard InChI is InChI=1S/C4H6N2.2C2HF6NO4S2/c1-6-3-2-5-4-6;2*3-1(4,5)14(10,11)9-15(12,13)2(6,7)8/h2-4H,1H3;2*9H. The minimum Gasteiger partial charge on any atom is -0.341 e. The van der Waals surface area contributed by atoms with Crippen LogP contribution in [0.3, 0.4) is 0 Å². The predicted molar refractivity (Wildman–Crippen MR) is 89.4 cm³/mol. The van der Waals surface area contributed by atoms with Crippen molar-refractivity contribution in [3.05, 3.63) is 18.7 Å². The maximum absolute atomic E-state index is 11.5. The number of imidazole rings is 1. The van der Waals surface area contributed by atoms with Gasteiger partial charge in [0.15, 0.2) is 0 Å². The Morgan fingerprint density at radius 3 is 0.861 bits per heavy atom. The number of sulfonamides is 4. The number of rotatable bonds is 4. The van der Waals surface area contributed by atoms with Crippen molar-refractivity contribution in [1.29, 1.82) is 0 Å². The van der Waals surface area contributed by atoms with Gasteiger partial charge in [-0.3, -0.25) is 0 Å². The van der Waals surface area contributed by atoms with Crippen LogP contribution < -0.4 is 8.25 Å². The minimum absolute atomic E-state index is 0.493. The number of hydrogen-bond donors (Lipinski definition) is 2. The summed E-state index contributed by atoms with van der Waals surface area (Å²) in [7, 11) is -24.4. The Morgan fingerprint density at radius 2 is 0.778 bits per heavy atom. The van der Waals surface area contributed by atoms with Crippen LogP contribution in [0, 0.1) is 0 Å². The minimum atomic E-state index is -6.60. The van der Waals surface area contributed by atoms with Crippen LogP contribution in [-0.4, -0.2) is 65.3 Å². The molecule has 1 aromatic rings. The van der Waals surface area contributed by atoms with Crippen LogP contribution in [0.5, 0.6) is 0 Å². The van der Waals surface area contributed by atoms with Crippen LogP contribution in [-0.2, 0) is 47.1 Å². The Kier molecular flexibility index (Phi) is 11.3. The van der Waals surface area contributed by atoms with Crippen LogP contribution in [0.25, 0.3) is 0 Å². The van der Waals surface area contributed by atoms with Crippen LogP contribution in [0.2, 0.25) is 0 Å². The first kappa shape index (κ1) is 36.2. The van der Waals surface area contributed by atoms with Crippen molar-refractivity contribution >= 4 is 40.1 Å². The van der Waals surface area contributed by atoms with Crippen molar-refractivity contribution in [3.63, 3.8) is 0 Å². The van der Waals surface area contributed by atoms with Crippen molar-refractivity contribution < 1.29 is 86.4 Å². The number of halogens is 12. The Morgan fingerprint density at radius 1 is 0.556 bits per heavy atom. The highest BCUT2D eigenvalue weighted by molar-refractivity contribution is 8.06. The molecule has 0 atom stereocenters. The van der Waals surface area contributed by atoms with E-state index in [2.05, 4.69) is 4.98 Å². The number of nitrogens with one attached hydrogen (secondary N) is 2. The quantitative estimate of drug-likeness (QED) is 0.452. The van der Waals surface area contributed by atoms with E-state index in [0.29, 0.717) is 0 Å². The molecule has 0 saturated carbocycles.